The van der Waals surface area contributed by atoms with Gasteiger partial charge in [-0.25, -0.2) is 4.98 Å². The van der Waals surface area contributed by atoms with Gasteiger partial charge in [-0.05, 0) is 38.0 Å². The van der Waals surface area contributed by atoms with E-state index in [9.17, 15) is 9.59 Å². The highest BCUT2D eigenvalue weighted by Gasteiger charge is 2.06. The third-order valence-corrected chi connectivity index (χ3v) is 4.99. The lowest BCUT2D eigenvalue weighted by molar-refractivity contribution is -0.123. The van der Waals surface area contributed by atoms with Crippen LogP contribution in [0.5, 0.6) is 5.75 Å². The van der Waals surface area contributed by atoms with E-state index in [1.165, 1.54) is 6.92 Å². The Hall–Kier alpha value is -2.99. The number of aryl methyl sites for hydroxylation is 1. The summed E-state index contributed by atoms with van der Waals surface area (Å²) in [4.78, 5) is 27.8. The van der Waals surface area contributed by atoms with Crippen LogP contribution >= 0.6 is 11.3 Å². The number of Topliss-reactive ketones (excluding diaryl/α,β-unsaturated/α-hetero) is 1. The van der Waals surface area contributed by atoms with E-state index in [-0.39, 0.29) is 18.3 Å². The van der Waals surface area contributed by atoms with Gasteiger partial charge in [-0.3, -0.25) is 9.59 Å². The minimum atomic E-state index is -0.192. The molecule has 0 fully saturated rings. The molecule has 0 bridgehead atoms. The Balaban J connectivity index is 1.42. The number of amides is 1. The van der Waals surface area contributed by atoms with Gasteiger partial charge in [-0.1, -0.05) is 36.4 Å². The molecule has 1 N–H and O–H groups in total. The maximum Gasteiger partial charge on any atom is 0.257 e. The summed E-state index contributed by atoms with van der Waals surface area (Å²) in [7, 11) is 0. The number of benzene rings is 2. The van der Waals surface area contributed by atoms with E-state index in [0.717, 1.165) is 28.2 Å². The summed E-state index contributed by atoms with van der Waals surface area (Å²) in [6.07, 6.45) is 0.738. The van der Waals surface area contributed by atoms with Gasteiger partial charge in [0.2, 0.25) is 0 Å². The summed E-state index contributed by atoms with van der Waals surface area (Å²) in [6.45, 7) is 3.94. The molecule has 3 aromatic rings. The molecule has 2 aromatic carbocycles. The van der Waals surface area contributed by atoms with Gasteiger partial charge in [0, 0.05) is 23.1 Å². The number of nitrogens with zero attached hydrogens (tertiary/aromatic N) is 1. The molecule has 0 aliphatic heterocycles. The zero-order valence-corrected chi connectivity index (χ0v) is 16.7. The van der Waals surface area contributed by atoms with E-state index in [1.807, 2.05) is 6.92 Å². The van der Waals surface area contributed by atoms with Gasteiger partial charge in [0.15, 0.2) is 12.4 Å². The van der Waals surface area contributed by atoms with Gasteiger partial charge in [0.05, 0.1) is 10.7 Å². The molecule has 0 spiro atoms. The molecule has 0 saturated heterocycles. The Labute approximate surface area is 168 Å². The predicted octanol–water partition coefficient (Wildman–Crippen LogP) is 4.06. The van der Waals surface area contributed by atoms with Crippen LogP contribution in [0.1, 0.15) is 27.9 Å². The molecule has 144 valence electrons. The Morgan fingerprint density at radius 3 is 2.61 bits per heavy atom. The summed E-state index contributed by atoms with van der Waals surface area (Å²) in [6, 6.07) is 15.0. The van der Waals surface area contributed by atoms with Crippen molar-refractivity contribution in [2.24, 2.45) is 0 Å². The highest BCUT2D eigenvalue weighted by molar-refractivity contribution is 7.09. The Bertz CT molecular complexity index is 964. The van der Waals surface area contributed by atoms with Gasteiger partial charge in [0.1, 0.15) is 5.75 Å². The van der Waals surface area contributed by atoms with Crippen molar-refractivity contribution in [2.75, 3.05) is 13.2 Å². The first-order valence-electron chi connectivity index (χ1n) is 9.03. The second kappa shape index (κ2) is 9.28. The van der Waals surface area contributed by atoms with Crippen LogP contribution in [-0.4, -0.2) is 29.8 Å². The van der Waals surface area contributed by atoms with E-state index in [1.54, 1.807) is 35.6 Å². The van der Waals surface area contributed by atoms with Crippen LogP contribution in [0.4, 0.5) is 0 Å². The first-order chi connectivity index (χ1) is 13.5. The first-order valence-corrected chi connectivity index (χ1v) is 9.91. The number of ether oxygens (including phenoxy) is 1. The number of thiazole rings is 1. The topological polar surface area (TPSA) is 68.3 Å². The van der Waals surface area contributed by atoms with Crippen LogP contribution in [0.3, 0.4) is 0 Å². The number of aromatic nitrogens is 1. The maximum atomic E-state index is 12.0. The van der Waals surface area contributed by atoms with Gasteiger partial charge in [0.25, 0.3) is 5.91 Å². The van der Waals surface area contributed by atoms with Crippen molar-refractivity contribution in [3.05, 3.63) is 70.0 Å². The van der Waals surface area contributed by atoms with E-state index < -0.39 is 0 Å². The largest absolute Gasteiger partial charge is 0.484 e. The van der Waals surface area contributed by atoms with Crippen molar-refractivity contribution < 1.29 is 14.3 Å². The summed E-state index contributed by atoms with van der Waals surface area (Å²) < 4.78 is 5.46. The Morgan fingerprint density at radius 2 is 1.93 bits per heavy atom. The van der Waals surface area contributed by atoms with Gasteiger partial charge < -0.3 is 10.1 Å². The molecule has 0 aliphatic rings. The number of nitrogens with one attached hydrogen (secondary N) is 1. The summed E-state index contributed by atoms with van der Waals surface area (Å²) >= 11 is 1.64. The third-order valence-electron chi connectivity index (χ3n) is 4.22. The number of hydrogen-bond donors (Lipinski definition) is 1. The number of carbonyl (C=O) groups excluding carboxylic acids is 2. The maximum absolute atomic E-state index is 12.0. The molecule has 3 rings (SSSR count). The molecule has 1 heterocycles. The molecule has 0 atom stereocenters. The predicted molar refractivity (Wildman–Crippen MR) is 111 cm³/mol. The van der Waals surface area contributed by atoms with E-state index in [4.69, 9.17) is 4.74 Å². The summed E-state index contributed by atoms with van der Waals surface area (Å²) in [5.41, 5.74) is 3.80. The number of carbonyl (C=O) groups is 2. The molecule has 5 nitrogen and oxygen atoms in total. The van der Waals surface area contributed by atoms with E-state index in [0.29, 0.717) is 17.9 Å². The molecule has 1 amide bonds. The zero-order chi connectivity index (χ0) is 19.9. The fourth-order valence-electron chi connectivity index (χ4n) is 2.69. The highest BCUT2D eigenvalue weighted by atomic mass is 32.1. The summed E-state index contributed by atoms with van der Waals surface area (Å²) in [5, 5.41) is 5.95. The SMILES string of the molecule is CC(=O)c1cccc(OCC(=O)NCCc2ccc(-c3csc(C)n3)cc2)c1. The lowest BCUT2D eigenvalue weighted by Crippen LogP contribution is -2.30. The van der Waals surface area contributed by atoms with Crippen LogP contribution < -0.4 is 10.1 Å². The van der Waals surface area contributed by atoms with Gasteiger partial charge in [-0.2, -0.15) is 0 Å². The minimum absolute atomic E-state index is 0.0363. The number of rotatable bonds is 8. The lowest BCUT2D eigenvalue weighted by atomic mass is 10.1. The molecule has 0 saturated carbocycles. The molecule has 1 aromatic heterocycles. The summed E-state index contributed by atoms with van der Waals surface area (Å²) in [5.74, 6) is 0.282. The number of ketones is 1. The van der Waals surface area contributed by atoms with E-state index >= 15 is 0 Å². The minimum Gasteiger partial charge on any atom is -0.484 e. The monoisotopic (exact) mass is 394 g/mol. The van der Waals surface area contributed by atoms with Crippen LogP contribution in [0.25, 0.3) is 11.3 Å². The number of hydrogen-bond acceptors (Lipinski definition) is 5. The van der Waals surface area contributed by atoms with Crippen molar-refractivity contribution in [1.82, 2.24) is 10.3 Å². The molecule has 28 heavy (non-hydrogen) atoms. The lowest BCUT2D eigenvalue weighted by Gasteiger charge is -2.08. The standard InChI is InChI=1S/C22H22N2O3S/c1-15(25)19-4-3-5-20(12-19)27-13-22(26)23-11-10-17-6-8-18(9-7-17)21-14-28-16(2)24-21/h3-9,12,14H,10-11,13H2,1-2H3,(H,23,26). The Morgan fingerprint density at radius 1 is 1.14 bits per heavy atom. The van der Waals surface area contributed by atoms with Gasteiger partial charge in [-0.15, -0.1) is 11.3 Å². The van der Waals surface area contributed by atoms with Crippen LogP contribution in [0.15, 0.2) is 53.9 Å². The normalized spacial score (nSPS) is 10.5. The highest BCUT2D eigenvalue weighted by Crippen LogP contribution is 2.21. The van der Waals surface area contributed by atoms with Crippen LogP contribution in [0.2, 0.25) is 0 Å². The van der Waals surface area contributed by atoms with Crippen molar-refractivity contribution >= 4 is 23.0 Å². The first kappa shape index (κ1) is 19.8. The third kappa shape index (κ3) is 5.50. The molecule has 0 unspecified atom stereocenters. The average molecular weight is 394 g/mol. The second-order valence-electron chi connectivity index (χ2n) is 6.42. The quantitative estimate of drug-likeness (QED) is 0.585. The van der Waals surface area contributed by atoms with E-state index in [2.05, 4.69) is 39.9 Å². The van der Waals surface area contributed by atoms with Crippen molar-refractivity contribution in [3.63, 3.8) is 0 Å². The molecule has 6 heteroatoms. The smallest absolute Gasteiger partial charge is 0.257 e. The fraction of sp³-hybridized carbons (Fsp3) is 0.227. The fourth-order valence-corrected chi connectivity index (χ4v) is 3.31. The van der Waals surface area contributed by atoms with Gasteiger partial charge >= 0.3 is 0 Å². The Kier molecular flexibility index (Phi) is 6.55. The molecular formula is C22H22N2O3S. The average Bonchev–Trinajstić information content (AvgIpc) is 3.13. The van der Waals surface area contributed by atoms with Crippen LogP contribution in [0, 0.1) is 6.92 Å². The molecule has 0 radical (unpaired) electrons. The van der Waals surface area contributed by atoms with Crippen molar-refractivity contribution in [2.45, 2.75) is 20.3 Å². The zero-order valence-electron chi connectivity index (χ0n) is 15.9. The van der Waals surface area contributed by atoms with Crippen LogP contribution in [-0.2, 0) is 11.2 Å². The van der Waals surface area contributed by atoms with Crippen molar-refractivity contribution in [1.29, 1.82) is 0 Å². The molecule has 0 aliphatic carbocycles. The van der Waals surface area contributed by atoms with Crippen molar-refractivity contribution in [3.8, 4) is 17.0 Å². The molecular weight excluding hydrogens is 372 g/mol. The second-order valence-corrected chi connectivity index (χ2v) is 7.48.